The van der Waals surface area contributed by atoms with Gasteiger partial charge < -0.3 is 10.2 Å². The third-order valence-electron chi connectivity index (χ3n) is 3.75. The van der Waals surface area contributed by atoms with Crippen LogP contribution in [0.25, 0.3) is 0 Å². The Morgan fingerprint density at radius 3 is 2.52 bits per heavy atom. The van der Waals surface area contributed by atoms with Gasteiger partial charge in [-0.3, -0.25) is 4.79 Å². The molecule has 0 spiro atoms. The fraction of sp³-hybridized carbons (Fsp3) is 0.389. The lowest BCUT2D eigenvalue weighted by Gasteiger charge is -2.18. The second kappa shape index (κ2) is 7.72. The molecule has 5 nitrogen and oxygen atoms in total. The van der Waals surface area contributed by atoms with Crippen LogP contribution in [-0.4, -0.2) is 29.0 Å². The predicted octanol–water partition coefficient (Wildman–Crippen LogP) is 3.70. The molecule has 0 aliphatic heterocycles. The van der Waals surface area contributed by atoms with E-state index in [1.807, 2.05) is 43.0 Å². The number of carbonyl (C=O) groups excluding carboxylic acids is 1. The van der Waals surface area contributed by atoms with Gasteiger partial charge in [-0.2, -0.15) is 0 Å². The van der Waals surface area contributed by atoms with E-state index in [0.29, 0.717) is 17.6 Å². The standard InChI is InChI=1S/C18H24N4O/c1-5-22(6-2)18-19-12-11-16(21-18)17(23)20-15-10-8-7-9-14(15)13(3)4/h7-13H,5-6H2,1-4H3,(H,20,23). The fourth-order valence-electron chi connectivity index (χ4n) is 2.43. The number of para-hydroxylation sites is 1. The summed E-state index contributed by atoms with van der Waals surface area (Å²) < 4.78 is 0. The Morgan fingerprint density at radius 2 is 1.87 bits per heavy atom. The molecule has 0 fully saturated rings. The molecule has 23 heavy (non-hydrogen) atoms. The van der Waals surface area contributed by atoms with E-state index in [2.05, 4.69) is 29.1 Å². The average Bonchev–Trinajstić information content (AvgIpc) is 2.56. The normalized spacial score (nSPS) is 10.7. The number of rotatable bonds is 6. The van der Waals surface area contributed by atoms with Crippen LogP contribution in [-0.2, 0) is 0 Å². The summed E-state index contributed by atoms with van der Waals surface area (Å²) in [6.45, 7) is 9.90. The molecule has 2 aromatic rings. The predicted molar refractivity (Wildman–Crippen MR) is 94.1 cm³/mol. The number of carbonyl (C=O) groups is 1. The van der Waals surface area contributed by atoms with E-state index >= 15 is 0 Å². The molecule has 0 unspecified atom stereocenters. The molecule has 1 heterocycles. The summed E-state index contributed by atoms with van der Waals surface area (Å²) in [5, 5.41) is 2.96. The van der Waals surface area contributed by atoms with Gasteiger partial charge in [0.1, 0.15) is 5.69 Å². The zero-order valence-electron chi connectivity index (χ0n) is 14.2. The van der Waals surface area contributed by atoms with E-state index < -0.39 is 0 Å². The van der Waals surface area contributed by atoms with Crippen LogP contribution in [0.5, 0.6) is 0 Å². The number of benzene rings is 1. The maximum Gasteiger partial charge on any atom is 0.274 e. The first-order valence-corrected chi connectivity index (χ1v) is 8.05. The minimum Gasteiger partial charge on any atom is -0.341 e. The summed E-state index contributed by atoms with van der Waals surface area (Å²) in [6, 6.07) is 9.48. The van der Waals surface area contributed by atoms with Gasteiger partial charge in [-0.05, 0) is 37.5 Å². The van der Waals surface area contributed by atoms with Crippen molar-refractivity contribution >= 4 is 17.5 Å². The Balaban J connectivity index is 2.23. The first kappa shape index (κ1) is 16.9. The average molecular weight is 312 g/mol. The van der Waals surface area contributed by atoms with E-state index in [-0.39, 0.29) is 5.91 Å². The topological polar surface area (TPSA) is 58.1 Å². The lowest BCUT2D eigenvalue weighted by Crippen LogP contribution is -2.25. The van der Waals surface area contributed by atoms with Crippen molar-refractivity contribution in [1.29, 1.82) is 0 Å². The number of anilines is 2. The van der Waals surface area contributed by atoms with Crippen LogP contribution in [0.2, 0.25) is 0 Å². The highest BCUT2D eigenvalue weighted by Gasteiger charge is 2.14. The van der Waals surface area contributed by atoms with Crippen molar-refractivity contribution in [2.75, 3.05) is 23.3 Å². The third kappa shape index (κ3) is 4.06. The van der Waals surface area contributed by atoms with Crippen molar-refractivity contribution < 1.29 is 4.79 Å². The van der Waals surface area contributed by atoms with Gasteiger partial charge in [0, 0.05) is 25.0 Å². The Kier molecular flexibility index (Phi) is 5.68. The van der Waals surface area contributed by atoms with Crippen LogP contribution in [0.15, 0.2) is 36.5 Å². The van der Waals surface area contributed by atoms with E-state index in [0.717, 1.165) is 24.3 Å². The van der Waals surface area contributed by atoms with E-state index in [9.17, 15) is 4.79 Å². The summed E-state index contributed by atoms with van der Waals surface area (Å²) in [4.78, 5) is 23.2. The quantitative estimate of drug-likeness (QED) is 0.883. The second-order valence-electron chi connectivity index (χ2n) is 5.61. The highest BCUT2D eigenvalue weighted by Crippen LogP contribution is 2.24. The first-order valence-electron chi connectivity index (χ1n) is 8.05. The SMILES string of the molecule is CCN(CC)c1nccc(C(=O)Nc2ccccc2C(C)C)n1. The molecule has 2 rings (SSSR count). The zero-order chi connectivity index (χ0) is 16.8. The monoisotopic (exact) mass is 312 g/mol. The van der Waals surface area contributed by atoms with E-state index in [1.165, 1.54) is 0 Å². The van der Waals surface area contributed by atoms with Crippen molar-refractivity contribution in [2.24, 2.45) is 0 Å². The molecule has 1 aromatic carbocycles. The summed E-state index contributed by atoms with van der Waals surface area (Å²) in [5.74, 6) is 0.705. The molecule has 0 aliphatic rings. The molecule has 0 bridgehead atoms. The summed E-state index contributed by atoms with van der Waals surface area (Å²) in [5.41, 5.74) is 2.31. The van der Waals surface area contributed by atoms with Crippen molar-refractivity contribution in [1.82, 2.24) is 9.97 Å². The first-order chi connectivity index (χ1) is 11.1. The van der Waals surface area contributed by atoms with Gasteiger partial charge >= 0.3 is 0 Å². The lowest BCUT2D eigenvalue weighted by molar-refractivity contribution is 0.102. The van der Waals surface area contributed by atoms with Crippen molar-refractivity contribution in [3.63, 3.8) is 0 Å². The molecule has 1 N–H and O–H groups in total. The Bertz CT molecular complexity index is 666. The summed E-state index contributed by atoms with van der Waals surface area (Å²) >= 11 is 0. The number of nitrogens with one attached hydrogen (secondary N) is 1. The van der Waals surface area contributed by atoms with Crippen LogP contribution in [0.4, 0.5) is 11.6 Å². The molecule has 0 saturated heterocycles. The Labute approximate surface area is 137 Å². The lowest BCUT2D eigenvalue weighted by atomic mass is 10.0. The van der Waals surface area contributed by atoms with Crippen LogP contribution >= 0.6 is 0 Å². The van der Waals surface area contributed by atoms with E-state index in [4.69, 9.17) is 0 Å². The van der Waals surface area contributed by atoms with Gasteiger partial charge in [-0.15, -0.1) is 0 Å². The Hall–Kier alpha value is -2.43. The molecule has 5 heteroatoms. The van der Waals surface area contributed by atoms with Crippen molar-refractivity contribution in [2.45, 2.75) is 33.6 Å². The largest absolute Gasteiger partial charge is 0.341 e. The van der Waals surface area contributed by atoms with Gasteiger partial charge in [0.25, 0.3) is 5.91 Å². The molecule has 0 radical (unpaired) electrons. The zero-order valence-corrected chi connectivity index (χ0v) is 14.2. The minimum atomic E-state index is -0.214. The van der Waals surface area contributed by atoms with Crippen molar-refractivity contribution in [3.05, 3.63) is 47.8 Å². The molecule has 1 aromatic heterocycles. The maximum atomic E-state index is 12.5. The molecule has 1 amide bonds. The minimum absolute atomic E-state index is 0.214. The van der Waals surface area contributed by atoms with Gasteiger partial charge in [0.05, 0.1) is 0 Å². The number of amides is 1. The summed E-state index contributed by atoms with van der Waals surface area (Å²) in [7, 11) is 0. The van der Waals surface area contributed by atoms with Crippen molar-refractivity contribution in [3.8, 4) is 0 Å². The Morgan fingerprint density at radius 1 is 1.17 bits per heavy atom. The van der Waals surface area contributed by atoms with Gasteiger partial charge in [0.15, 0.2) is 0 Å². The number of hydrogen-bond donors (Lipinski definition) is 1. The summed E-state index contributed by atoms with van der Waals surface area (Å²) in [6.07, 6.45) is 1.63. The molecule has 0 aliphatic carbocycles. The highest BCUT2D eigenvalue weighted by molar-refractivity contribution is 6.03. The van der Waals surface area contributed by atoms with Crippen LogP contribution < -0.4 is 10.2 Å². The number of hydrogen-bond acceptors (Lipinski definition) is 4. The molecular formula is C18H24N4O. The second-order valence-corrected chi connectivity index (χ2v) is 5.61. The third-order valence-corrected chi connectivity index (χ3v) is 3.75. The molecule has 122 valence electrons. The highest BCUT2D eigenvalue weighted by atomic mass is 16.1. The van der Waals surface area contributed by atoms with E-state index in [1.54, 1.807) is 12.3 Å². The molecular weight excluding hydrogens is 288 g/mol. The number of aromatic nitrogens is 2. The number of nitrogens with zero attached hydrogens (tertiary/aromatic N) is 3. The van der Waals surface area contributed by atoms with Gasteiger partial charge in [-0.1, -0.05) is 32.0 Å². The van der Waals surface area contributed by atoms with Gasteiger partial charge in [-0.25, -0.2) is 9.97 Å². The smallest absolute Gasteiger partial charge is 0.274 e. The molecule has 0 saturated carbocycles. The van der Waals surface area contributed by atoms with Crippen LogP contribution in [0.1, 0.15) is 49.7 Å². The van der Waals surface area contributed by atoms with Gasteiger partial charge in [0.2, 0.25) is 5.95 Å². The fourth-order valence-corrected chi connectivity index (χ4v) is 2.43. The molecule has 0 atom stereocenters. The van der Waals surface area contributed by atoms with Crippen LogP contribution in [0.3, 0.4) is 0 Å². The van der Waals surface area contributed by atoms with Crippen LogP contribution in [0, 0.1) is 0 Å². The maximum absolute atomic E-state index is 12.5.